The second kappa shape index (κ2) is 27.1. The van der Waals surface area contributed by atoms with Crippen LogP contribution in [0.5, 0.6) is 23.0 Å². The van der Waals surface area contributed by atoms with E-state index in [2.05, 4.69) is 33.4 Å². The Morgan fingerprint density at radius 3 is 1.36 bits per heavy atom. The van der Waals surface area contributed by atoms with Gasteiger partial charge in [0, 0.05) is 73.1 Å². The Morgan fingerprint density at radius 2 is 1.00 bits per heavy atom. The number of ether oxygens (including phenoxy) is 4. The summed E-state index contributed by atoms with van der Waals surface area (Å²) in [5, 5.41) is 9.51. The number of amides is 4. The van der Waals surface area contributed by atoms with Crippen molar-refractivity contribution in [3.63, 3.8) is 0 Å². The molecule has 21 heteroatoms. The summed E-state index contributed by atoms with van der Waals surface area (Å²) >= 11 is 0. The van der Waals surface area contributed by atoms with Crippen molar-refractivity contribution in [2.75, 3.05) is 138 Å². The topological polar surface area (TPSA) is 191 Å². The highest BCUT2D eigenvalue weighted by Gasteiger charge is 2.45. The SMILES string of the molecule is CCN1CCN(c2cccc3c2C(=O)N([C@H](CCCO)c2ccc(OC)c(OC)c2)C3=O)CC1.CCN1CCN(c2cccc3c2C(=O)N([C@H](CCCOS(=O)(=O)N(C)C)c2ccc(OC)c(OC)c2)C3=O)CC1.[2H]CF. The number of hydrogen-bond acceptors (Lipinski definition) is 16. The van der Waals surface area contributed by atoms with Gasteiger partial charge in [0.25, 0.3) is 23.6 Å². The molecule has 0 bridgehead atoms. The minimum absolute atomic E-state index is 0.0279. The first-order valence-corrected chi connectivity index (χ1v) is 26.9. The number of rotatable bonds is 21. The van der Waals surface area contributed by atoms with Gasteiger partial charge in [0.15, 0.2) is 23.0 Å². The molecule has 4 aromatic rings. The average Bonchev–Trinajstić information content (AvgIpc) is 3.89. The predicted octanol–water partition coefficient (Wildman–Crippen LogP) is 6.33. The van der Waals surface area contributed by atoms with Crippen LogP contribution in [0.2, 0.25) is 0 Å². The van der Waals surface area contributed by atoms with Gasteiger partial charge in [0.05, 0.1) is 89.3 Å². The fourth-order valence-corrected chi connectivity index (χ4v) is 10.7. The van der Waals surface area contributed by atoms with Crippen LogP contribution in [0.3, 0.4) is 0 Å². The molecule has 4 heterocycles. The number of carbonyl (C=O) groups is 4. The summed E-state index contributed by atoms with van der Waals surface area (Å²) in [6.45, 7) is 12.9. The molecule has 0 aliphatic carbocycles. The van der Waals surface area contributed by atoms with Crippen LogP contribution in [0.15, 0.2) is 72.8 Å². The van der Waals surface area contributed by atoms with E-state index in [4.69, 9.17) is 24.5 Å². The Kier molecular flexibility index (Phi) is 20.5. The molecular formula is C55H74FN7O12S. The van der Waals surface area contributed by atoms with Gasteiger partial charge in [-0.15, -0.1) is 0 Å². The third-order valence-electron chi connectivity index (χ3n) is 14.3. The zero-order chi connectivity index (χ0) is 56.0. The van der Waals surface area contributed by atoms with Gasteiger partial charge in [-0.05, 0) is 98.4 Å². The van der Waals surface area contributed by atoms with Gasteiger partial charge in [-0.1, -0.05) is 38.1 Å². The molecule has 76 heavy (non-hydrogen) atoms. The minimum Gasteiger partial charge on any atom is -0.493 e. The van der Waals surface area contributed by atoms with Crippen LogP contribution in [0.25, 0.3) is 0 Å². The molecule has 19 nitrogen and oxygen atoms in total. The highest BCUT2D eigenvalue weighted by atomic mass is 32.2. The van der Waals surface area contributed by atoms with Crippen molar-refractivity contribution >= 4 is 45.3 Å². The maximum Gasteiger partial charge on any atom is 0.337 e. The molecule has 0 aromatic heterocycles. The largest absolute Gasteiger partial charge is 0.493 e. The second-order valence-corrected chi connectivity index (χ2v) is 20.4. The molecule has 1 N–H and O–H groups in total. The standard InChI is InChI=1S/C28H38N4O7S.C26H33N3O5.CH3F/c1-6-30-14-16-31(17-15-30)23-10-7-9-21-26(23)28(34)32(27(21)33)22(11-8-18-39-40(35,36)29(2)3)20-12-13-24(37-4)25(19-20)38-5;1-4-27-12-14-28(15-13-27)21-8-5-7-19-24(21)26(32)29(25(19)31)20(9-6-16-30)18-10-11-22(33-2)23(17-18)34-3;1-2/h7,9-10,12-13,19,22H,6,8,11,14-18H2,1-5H3;5,7-8,10-11,17,20,30H,4,6,9,12-16H2,1-3H3;1H3/t22-;20-;/m11./s1/i;;1D. The molecule has 4 aromatic carbocycles. The molecule has 0 saturated carbocycles. The average molecular weight is 1080 g/mol. The van der Waals surface area contributed by atoms with E-state index in [0.717, 1.165) is 86.7 Å². The summed E-state index contributed by atoms with van der Waals surface area (Å²) < 4.78 is 67.4. The maximum absolute atomic E-state index is 14.0. The van der Waals surface area contributed by atoms with Crippen molar-refractivity contribution < 1.29 is 61.6 Å². The lowest BCUT2D eigenvalue weighted by atomic mass is 9.99. The number of benzene rings is 4. The number of halogens is 1. The van der Waals surface area contributed by atoms with E-state index in [1.54, 1.807) is 56.7 Å². The Hall–Kier alpha value is -6.36. The van der Waals surface area contributed by atoms with Gasteiger partial charge >= 0.3 is 10.3 Å². The number of anilines is 2. The number of piperazine rings is 2. The molecule has 0 radical (unpaired) electrons. The first-order chi connectivity index (χ1) is 37.1. The normalized spacial score (nSPS) is 16.9. The first-order valence-electron chi connectivity index (χ1n) is 26.2. The van der Waals surface area contributed by atoms with E-state index in [1.165, 1.54) is 38.1 Å². The van der Waals surface area contributed by atoms with Crippen molar-refractivity contribution in [1.82, 2.24) is 23.9 Å². The van der Waals surface area contributed by atoms with Gasteiger partial charge in [-0.25, -0.2) is 0 Å². The molecule has 2 saturated heterocycles. The highest BCUT2D eigenvalue weighted by molar-refractivity contribution is 7.84. The van der Waals surface area contributed by atoms with Crippen LogP contribution >= 0.6 is 0 Å². The molecule has 414 valence electrons. The molecule has 4 aliphatic heterocycles. The summed E-state index contributed by atoms with van der Waals surface area (Å²) in [5.41, 5.74) is 4.72. The van der Waals surface area contributed by atoms with Crippen LogP contribution in [-0.2, 0) is 14.5 Å². The summed E-state index contributed by atoms with van der Waals surface area (Å²) in [7, 11) is 4.09. The van der Waals surface area contributed by atoms with Crippen LogP contribution in [0.4, 0.5) is 15.8 Å². The van der Waals surface area contributed by atoms with Gasteiger partial charge in [-0.2, -0.15) is 12.7 Å². The third kappa shape index (κ3) is 12.7. The van der Waals surface area contributed by atoms with Crippen molar-refractivity contribution in [3.8, 4) is 23.0 Å². The van der Waals surface area contributed by atoms with Crippen molar-refractivity contribution in [2.45, 2.75) is 51.6 Å². The molecule has 2 atom stereocenters. The summed E-state index contributed by atoms with van der Waals surface area (Å²) in [6, 6.07) is 20.4. The van der Waals surface area contributed by atoms with E-state index in [1.807, 2.05) is 30.3 Å². The number of aliphatic hydroxyl groups is 1. The van der Waals surface area contributed by atoms with Crippen LogP contribution < -0.4 is 28.7 Å². The summed E-state index contributed by atoms with van der Waals surface area (Å²) in [6.07, 6.45) is 1.47. The lowest BCUT2D eigenvalue weighted by Gasteiger charge is -2.36. The van der Waals surface area contributed by atoms with E-state index < -0.39 is 29.5 Å². The Bertz CT molecular complexity index is 2790. The van der Waals surface area contributed by atoms with E-state index in [-0.39, 0.29) is 49.7 Å². The Labute approximate surface area is 448 Å². The van der Waals surface area contributed by atoms with Crippen LogP contribution in [0, 0.1) is 0 Å². The summed E-state index contributed by atoms with van der Waals surface area (Å²) in [5.74, 6) is 0.746. The molecule has 4 aliphatic rings. The van der Waals surface area contributed by atoms with Gasteiger partial charge in [0.2, 0.25) is 0 Å². The number of likely N-dealkylation sites (N-methyl/N-ethyl adjacent to an activating group) is 2. The van der Waals surface area contributed by atoms with Crippen molar-refractivity contribution in [2.24, 2.45) is 0 Å². The molecule has 0 spiro atoms. The molecule has 8 rings (SSSR count). The summed E-state index contributed by atoms with van der Waals surface area (Å²) in [4.78, 5) is 66.9. The van der Waals surface area contributed by atoms with Crippen molar-refractivity contribution in [1.29, 1.82) is 0 Å². The number of methoxy groups -OCH3 is 4. The fraction of sp³-hybridized carbons (Fsp3) is 0.491. The smallest absolute Gasteiger partial charge is 0.337 e. The van der Waals surface area contributed by atoms with Gasteiger partial charge in [-0.3, -0.25) is 37.6 Å². The number of aliphatic hydroxyl groups excluding tert-OH is 1. The first kappa shape index (κ1) is 57.3. The van der Waals surface area contributed by atoms with E-state index >= 15 is 0 Å². The van der Waals surface area contributed by atoms with Crippen molar-refractivity contribution in [3.05, 3.63) is 106 Å². The molecule has 0 unspecified atom stereocenters. The predicted molar refractivity (Wildman–Crippen MR) is 288 cm³/mol. The zero-order valence-corrected chi connectivity index (χ0v) is 45.8. The van der Waals surface area contributed by atoms with E-state index in [0.29, 0.717) is 63.7 Å². The number of fused-ring (bicyclic) bond motifs is 2. The number of nitrogens with zero attached hydrogens (tertiary/aromatic N) is 7. The van der Waals surface area contributed by atoms with Crippen LogP contribution in [-0.4, -0.2) is 189 Å². The highest BCUT2D eigenvalue weighted by Crippen LogP contribution is 2.43. The number of hydrogen-bond donors (Lipinski definition) is 1. The van der Waals surface area contributed by atoms with Gasteiger partial charge in [0.1, 0.15) is 0 Å². The Morgan fingerprint density at radius 1 is 0.605 bits per heavy atom. The van der Waals surface area contributed by atoms with Gasteiger partial charge < -0.3 is 43.7 Å². The van der Waals surface area contributed by atoms with Crippen LogP contribution in [0.1, 0.15) is 106 Å². The molecule has 4 amide bonds. The second-order valence-electron chi connectivity index (χ2n) is 18.5. The number of imide groups is 2. The number of carbonyl (C=O) groups excluding carboxylic acids is 4. The number of alkyl halides is 1. The minimum atomic E-state index is -3.85. The lowest BCUT2D eigenvalue weighted by molar-refractivity contribution is 0.0552. The molecule has 2 fully saturated rings. The monoisotopic (exact) mass is 1080 g/mol. The lowest BCUT2D eigenvalue weighted by Crippen LogP contribution is -2.46. The zero-order valence-electron chi connectivity index (χ0n) is 46.0. The molecular weight excluding hydrogens is 1000 g/mol. The van der Waals surface area contributed by atoms with E-state index in [9.17, 15) is 37.1 Å². The fourth-order valence-electron chi connectivity index (χ4n) is 10.1. The third-order valence-corrected chi connectivity index (χ3v) is 15.7. The maximum atomic E-state index is 14.0. The quantitative estimate of drug-likeness (QED) is 0.0719. The Balaban J connectivity index is 0.000000240.